The third-order valence-corrected chi connectivity index (χ3v) is 8.00. The van der Waals surface area contributed by atoms with Gasteiger partial charge in [-0.25, -0.2) is 9.80 Å². The maximum absolute atomic E-state index is 13.7. The highest BCUT2D eigenvalue weighted by molar-refractivity contribution is 9.10. The van der Waals surface area contributed by atoms with E-state index in [1.54, 1.807) is 36.4 Å². The number of amides is 3. The summed E-state index contributed by atoms with van der Waals surface area (Å²) in [6.45, 7) is 1.32. The summed E-state index contributed by atoms with van der Waals surface area (Å²) >= 11 is 9.59. The molecule has 3 amide bonds. The zero-order valence-corrected chi connectivity index (χ0v) is 24.2. The van der Waals surface area contributed by atoms with Crippen LogP contribution in [0.1, 0.15) is 50.8 Å². The van der Waals surface area contributed by atoms with Crippen molar-refractivity contribution in [3.8, 4) is 5.75 Å². The van der Waals surface area contributed by atoms with E-state index in [0.29, 0.717) is 18.4 Å². The van der Waals surface area contributed by atoms with Crippen LogP contribution in [0, 0.1) is 11.8 Å². The normalized spacial score (nSPS) is 18.0. The average molecular weight is 636 g/mol. The van der Waals surface area contributed by atoms with Gasteiger partial charge in [0.15, 0.2) is 5.78 Å². The number of hydrogen-bond donors (Lipinski definition) is 0. The van der Waals surface area contributed by atoms with E-state index in [-0.39, 0.29) is 21.9 Å². The number of esters is 1. The number of hydrogen-bond acceptors (Lipinski definition) is 6. The number of allylic oxidation sites excluding steroid dienone is 2. The van der Waals surface area contributed by atoms with Crippen molar-refractivity contribution in [1.29, 1.82) is 0 Å². The number of carbonyl (C=O) groups is 5. The molecule has 0 radical (unpaired) electrons. The lowest BCUT2D eigenvalue weighted by Gasteiger charge is -2.30. The summed E-state index contributed by atoms with van der Waals surface area (Å²) < 4.78 is 6.21. The molecule has 1 aliphatic carbocycles. The minimum atomic E-state index is -0.742. The number of rotatable bonds is 7. The number of ketones is 1. The predicted molar refractivity (Wildman–Crippen MR) is 154 cm³/mol. The first-order valence-corrected chi connectivity index (χ1v) is 14.0. The number of benzene rings is 3. The largest absolute Gasteiger partial charge is 0.423 e. The van der Waals surface area contributed by atoms with E-state index < -0.39 is 47.9 Å². The van der Waals surface area contributed by atoms with Crippen LogP contribution in [0.25, 0.3) is 0 Å². The molecule has 8 nitrogen and oxygen atoms in total. The van der Waals surface area contributed by atoms with Gasteiger partial charge in [0, 0.05) is 10.0 Å². The molecular weight excluding hydrogens is 612 g/mol. The molecule has 0 spiro atoms. The second kappa shape index (κ2) is 11.8. The lowest BCUT2D eigenvalue weighted by molar-refractivity contribution is -0.154. The van der Waals surface area contributed by atoms with Crippen molar-refractivity contribution in [3.63, 3.8) is 0 Å². The Morgan fingerprint density at radius 2 is 1.56 bits per heavy atom. The number of imide groups is 1. The van der Waals surface area contributed by atoms with Crippen LogP contribution in [0.5, 0.6) is 5.75 Å². The van der Waals surface area contributed by atoms with Crippen LogP contribution in [0.2, 0.25) is 5.02 Å². The summed E-state index contributed by atoms with van der Waals surface area (Å²) in [6, 6.07) is 18.7. The summed E-state index contributed by atoms with van der Waals surface area (Å²) in [7, 11) is 0. The Hall–Kier alpha value is -4.08. The molecular formula is C31H24BrClN2O6. The average Bonchev–Trinajstić information content (AvgIpc) is 3.20. The van der Waals surface area contributed by atoms with Gasteiger partial charge in [-0.2, -0.15) is 5.01 Å². The third-order valence-electron chi connectivity index (χ3n) is 7.14. The molecule has 2 aliphatic rings. The fourth-order valence-electron chi connectivity index (χ4n) is 4.95. The van der Waals surface area contributed by atoms with Crippen molar-refractivity contribution in [2.75, 3.05) is 6.54 Å². The first kappa shape index (κ1) is 28.4. The zero-order valence-electron chi connectivity index (χ0n) is 21.9. The topological polar surface area (TPSA) is 101 Å². The van der Waals surface area contributed by atoms with Crippen molar-refractivity contribution >= 4 is 57.0 Å². The monoisotopic (exact) mass is 634 g/mol. The van der Waals surface area contributed by atoms with Crippen LogP contribution in [0.4, 0.5) is 0 Å². The summed E-state index contributed by atoms with van der Waals surface area (Å²) in [5.41, 5.74) is 1.60. The smallest absolute Gasteiger partial charge is 0.343 e. The van der Waals surface area contributed by atoms with E-state index in [1.807, 2.05) is 13.0 Å². The van der Waals surface area contributed by atoms with Gasteiger partial charge in [-0.1, -0.05) is 51.3 Å². The molecule has 1 saturated heterocycles. The Morgan fingerprint density at radius 1 is 0.927 bits per heavy atom. The van der Waals surface area contributed by atoms with Crippen molar-refractivity contribution in [1.82, 2.24) is 10.0 Å². The number of hydrazine groups is 1. The van der Waals surface area contributed by atoms with Crippen molar-refractivity contribution in [3.05, 3.63) is 111 Å². The fraction of sp³-hybridized carbons (Fsp3) is 0.194. The highest BCUT2D eigenvalue weighted by atomic mass is 79.9. The summed E-state index contributed by atoms with van der Waals surface area (Å²) in [5.74, 6) is -3.84. The Kier molecular flexibility index (Phi) is 8.19. The lowest BCUT2D eigenvalue weighted by atomic mass is 9.82. The summed E-state index contributed by atoms with van der Waals surface area (Å²) in [5, 5.41) is 1.84. The van der Waals surface area contributed by atoms with Crippen LogP contribution in [-0.4, -0.2) is 46.0 Å². The Bertz CT molecular complexity index is 1580. The van der Waals surface area contributed by atoms with E-state index >= 15 is 0 Å². The molecule has 0 aromatic heterocycles. The molecule has 1 fully saturated rings. The van der Waals surface area contributed by atoms with Crippen molar-refractivity contribution < 1.29 is 28.7 Å². The SMILES string of the molecule is CC1=CC[C@H]2C(=O)N(N(CC(=O)c3ccc(OC(=O)c4ccc(Br)cc4)cc3)C(=O)c3ccccc3Cl)C(=O)[C@@H]2C1. The highest BCUT2D eigenvalue weighted by Crippen LogP contribution is 2.39. The number of carbonyl (C=O) groups excluding carboxylic acids is 5. The van der Waals surface area contributed by atoms with E-state index in [1.165, 1.54) is 36.4 Å². The number of Topliss-reactive ketones (excluding diaryl/α,β-unsaturated/α-hetero) is 1. The van der Waals surface area contributed by atoms with Gasteiger partial charge in [0.1, 0.15) is 12.3 Å². The molecule has 5 rings (SSSR count). The lowest BCUT2D eigenvalue weighted by Crippen LogP contribution is -2.52. The Balaban J connectivity index is 1.38. The highest BCUT2D eigenvalue weighted by Gasteiger charge is 2.51. The Labute approximate surface area is 249 Å². The van der Waals surface area contributed by atoms with Gasteiger partial charge in [0.2, 0.25) is 0 Å². The van der Waals surface area contributed by atoms with Crippen molar-refractivity contribution in [2.24, 2.45) is 11.8 Å². The number of nitrogens with zero attached hydrogens (tertiary/aromatic N) is 2. The predicted octanol–water partition coefficient (Wildman–Crippen LogP) is 5.90. The summed E-state index contributed by atoms with van der Waals surface area (Å²) in [6.07, 6.45) is 2.72. The van der Waals surface area contributed by atoms with Crippen LogP contribution < -0.4 is 4.74 Å². The van der Waals surface area contributed by atoms with Gasteiger partial charge < -0.3 is 4.74 Å². The van der Waals surface area contributed by atoms with Crippen LogP contribution >= 0.6 is 27.5 Å². The fourth-order valence-corrected chi connectivity index (χ4v) is 5.43. The van der Waals surface area contributed by atoms with Crippen LogP contribution in [0.15, 0.2) is 88.9 Å². The maximum Gasteiger partial charge on any atom is 0.343 e. The molecule has 0 N–H and O–H groups in total. The molecule has 2 atom stereocenters. The van der Waals surface area contributed by atoms with Gasteiger partial charge in [-0.3, -0.25) is 19.2 Å². The van der Waals surface area contributed by atoms with Gasteiger partial charge in [0.25, 0.3) is 17.7 Å². The van der Waals surface area contributed by atoms with Gasteiger partial charge in [-0.15, -0.1) is 0 Å². The molecule has 0 bridgehead atoms. The minimum absolute atomic E-state index is 0.0574. The molecule has 10 heteroatoms. The van der Waals surface area contributed by atoms with Crippen LogP contribution in [-0.2, 0) is 9.59 Å². The van der Waals surface area contributed by atoms with E-state index in [2.05, 4.69) is 15.9 Å². The van der Waals surface area contributed by atoms with Gasteiger partial charge in [-0.05, 0) is 80.4 Å². The molecule has 41 heavy (non-hydrogen) atoms. The Morgan fingerprint density at radius 3 is 2.24 bits per heavy atom. The molecule has 3 aromatic rings. The zero-order chi connectivity index (χ0) is 29.3. The minimum Gasteiger partial charge on any atom is -0.423 e. The molecule has 0 saturated carbocycles. The van der Waals surface area contributed by atoms with E-state index in [9.17, 15) is 24.0 Å². The second-order valence-corrected chi connectivity index (χ2v) is 11.2. The second-order valence-electron chi connectivity index (χ2n) is 9.88. The van der Waals surface area contributed by atoms with Gasteiger partial charge >= 0.3 is 5.97 Å². The first-order chi connectivity index (χ1) is 19.6. The molecule has 1 aliphatic heterocycles. The third kappa shape index (κ3) is 5.87. The number of halogens is 2. The number of ether oxygens (including phenoxy) is 1. The molecule has 208 valence electrons. The molecule has 3 aromatic carbocycles. The maximum atomic E-state index is 13.7. The van der Waals surface area contributed by atoms with E-state index in [4.69, 9.17) is 16.3 Å². The number of fused-ring (bicyclic) bond motifs is 1. The quantitative estimate of drug-likeness (QED) is 0.105. The first-order valence-electron chi connectivity index (χ1n) is 12.8. The standard InChI is InChI=1S/C31H24BrClN2O6/c1-18-6-15-23-25(16-18)30(39)35(29(23)38)34(28(37)24-4-2-3-5-26(24)33)17-27(36)19-9-13-22(14-10-19)41-31(40)20-7-11-21(32)12-8-20/h2-14,23,25H,15-17H2,1H3/t23-,25-/m1/s1. The van der Waals surface area contributed by atoms with E-state index in [0.717, 1.165) is 20.1 Å². The van der Waals surface area contributed by atoms with Crippen molar-refractivity contribution in [2.45, 2.75) is 19.8 Å². The van der Waals surface area contributed by atoms with Gasteiger partial charge in [0.05, 0.1) is 28.0 Å². The van der Waals surface area contributed by atoms with Crippen LogP contribution in [0.3, 0.4) is 0 Å². The molecule has 0 unspecified atom stereocenters. The molecule has 1 heterocycles. The summed E-state index contributed by atoms with van der Waals surface area (Å²) in [4.78, 5) is 66.4.